The Morgan fingerprint density at radius 3 is 2.73 bits per heavy atom. The highest BCUT2D eigenvalue weighted by molar-refractivity contribution is 5.77. The molecule has 3 aromatic rings. The van der Waals surface area contributed by atoms with Gasteiger partial charge in [0.05, 0.1) is 23.8 Å². The molecule has 1 amide bonds. The molecule has 0 unspecified atom stereocenters. The first-order chi connectivity index (χ1) is 12.5. The number of nitrogens with zero attached hydrogens (tertiary/aromatic N) is 4. The smallest absolute Gasteiger partial charge is 0.220 e. The van der Waals surface area contributed by atoms with Crippen LogP contribution in [0.5, 0.6) is 0 Å². The Labute approximate surface area is 152 Å². The van der Waals surface area contributed by atoms with E-state index in [1.54, 1.807) is 0 Å². The third-order valence-corrected chi connectivity index (χ3v) is 4.72. The van der Waals surface area contributed by atoms with E-state index >= 15 is 0 Å². The van der Waals surface area contributed by atoms with E-state index in [1.165, 1.54) is 0 Å². The molecule has 0 aliphatic carbocycles. The van der Waals surface area contributed by atoms with Crippen molar-refractivity contribution in [1.82, 2.24) is 25.5 Å². The predicted octanol–water partition coefficient (Wildman–Crippen LogP) is 2.81. The molecule has 7 heteroatoms. The van der Waals surface area contributed by atoms with Crippen LogP contribution in [0.15, 0.2) is 28.8 Å². The van der Waals surface area contributed by atoms with Crippen molar-refractivity contribution in [3.05, 3.63) is 41.3 Å². The molecule has 0 saturated carbocycles. The van der Waals surface area contributed by atoms with Crippen LogP contribution in [0.1, 0.15) is 37.3 Å². The maximum atomic E-state index is 12.5. The Hall–Kier alpha value is -2.70. The average molecular weight is 355 g/mol. The van der Waals surface area contributed by atoms with Crippen LogP contribution in [-0.4, -0.2) is 32.1 Å². The lowest BCUT2D eigenvalue weighted by molar-refractivity contribution is -0.122. The van der Waals surface area contributed by atoms with Gasteiger partial charge in [-0.3, -0.25) is 4.79 Å². The monoisotopic (exact) mass is 355 g/mol. The Morgan fingerprint density at radius 1 is 1.27 bits per heavy atom. The van der Waals surface area contributed by atoms with E-state index in [-0.39, 0.29) is 17.9 Å². The Morgan fingerprint density at radius 2 is 2.04 bits per heavy atom. The van der Waals surface area contributed by atoms with Gasteiger partial charge in [0.1, 0.15) is 11.3 Å². The van der Waals surface area contributed by atoms with Gasteiger partial charge in [0.2, 0.25) is 5.91 Å². The number of fused-ring (bicyclic) bond motifs is 1. The zero-order chi connectivity index (χ0) is 18.7. The van der Waals surface area contributed by atoms with Crippen molar-refractivity contribution in [2.75, 3.05) is 0 Å². The molecule has 0 aliphatic heterocycles. The molecule has 2 aromatic heterocycles. The summed E-state index contributed by atoms with van der Waals surface area (Å²) in [4.78, 5) is 12.5. The first kappa shape index (κ1) is 18.1. The van der Waals surface area contributed by atoms with Crippen molar-refractivity contribution in [3.63, 3.8) is 0 Å². The van der Waals surface area contributed by atoms with E-state index in [2.05, 4.69) is 34.6 Å². The second kappa shape index (κ2) is 7.68. The summed E-state index contributed by atoms with van der Waals surface area (Å²) in [6.07, 6.45) is 1.04. The average Bonchev–Trinajstić information content (AvgIpc) is 3.16. The highest BCUT2D eigenvalue weighted by Gasteiger charge is 2.19. The maximum absolute atomic E-state index is 12.5. The zero-order valence-electron chi connectivity index (χ0n) is 15.7. The molecule has 0 bridgehead atoms. The third-order valence-electron chi connectivity index (χ3n) is 4.72. The highest BCUT2D eigenvalue weighted by atomic mass is 16.5. The fourth-order valence-electron chi connectivity index (χ4n) is 3.04. The maximum Gasteiger partial charge on any atom is 0.220 e. The van der Waals surface area contributed by atoms with E-state index < -0.39 is 0 Å². The minimum Gasteiger partial charge on any atom is -0.361 e. The van der Waals surface area contributed by atoms with E-state index in [4.69, 9.17) is 4.52 Å². The fourth-order valence-corrected chi connectivity index (χ4v) is 3.04. The van der Waals surface area contributed by atoms with Crippen molar-refractivity contribution >= 4 is 16.9 Å². The van der Waals surface area contributed by atoms with Crippen LogP contribution in [0.4, 0.5) is 0 Å². The number of hydrogen-bond acceptors (Lipinski definition) is 5. The van der Waals surface area contributed by atoms with Gasteiger partial charge < -0.3 is 9.84 Å². The Balaban J connectivity index is 1.64. The summed E-state index contributed by atoms with van der Waals surface area (Å²) in [5, 5.41) is 15.5. The molecule has 0 spiro atoms. The van der Waals surface area contributed by atoms with Crippen molar-refractivity contribution in [3.8, 4) is 0 Å². The van der Waals surface area contributed by atoms with Gasteiger partial charge in [-0.15, -0.1) is 5.10 Å². The van der Waals surface area contributed by atoms with Crippen LogP contribution in [0.25, 0.3) is 11.0 Å². The normalized spacial score (nSPS) is 12.7. The predicted molar refractivity (Wildman–Crippen MR) is 98.6 cm³/mol. The topological polar surface area (TPSA) is 85.8 Å². The van der Waals surface area contributed by atoms with Crippen LogP contribution < -0.4 is 5.32 Å². The molecule has 3 rings (SSSR count). The van der Waals surface area contributed by atoms with E-state index in [0.717, 1.165) is 28.1 Å². The molecule has 0 radical (unpaired) electrons. The van der Waals surface area contributed by atoms with Gasteiger partial charge in [0.15, 0.2) is 0 Å². The second-order valence-corrected chi connectivity index (χ2v) is 6.98. The second-order valence-electron chi connectivity index (χ2n) is 6.98. The van der Waals surface area contributed by atoms with Crippen LogP contribution in [0, 0.1) is 19.8 Å². The number of para-hydroxylation sites is 1. The first-order valence-electron chi connectivity index (χ1n) is 8.95. The number of benzene rings is 1. The fraction of sp³-hybridized carbons (Fsp3) is 0.474. The summed E-state index contributed by atoms with van der Waals surface area (Å²) in [6, 6.07) is 7.82. The van der Waals surface area contributed by atoms with Crippen LogP contribution in [-0.2, 0) is 17.8 Å². The van der Waals surface area contributed by atoms with Gasteiger partial charge in [-0.2, -0.15) is 0 Å². The van der Waals surface area contributed by atoms with Gasteiger partial charge in [-0.25, -0.2) is 4.68 Å². The summed E-state index contributed by atoms with van der Waals surface area (Å²) >= 11 is 0. The molecular weight excluding hydrogens is 330 g/mol. The highest BCUT2D eigenvalue weighted by Crippen LogP contribution is 2.15. The molecular formula is C19H25N5O2. The van der Waals surface area contributed by atoms with E-state index in [1.807, 2.05) is 42.8 Å². The summed E-state index contributed by atoms with van der Waals surface area (Å²) < 4.78 is 7.01. The molecule has 1 atom stereocenters. The number of amides is 1. The number of nitrogens with one attached hydrogen (secondary N) is 1. The zero-order valence-corrected chi connectivity index (χ0v) is 15.7. The summed E-state index contributed by atoms with van der Waals surface area (Å²) in [5.74, 6) is 1.08. The molecule has 0 aliphatic rings. The van der Waals surface area contributed by atoms with Gasteiger partial charge >= 0.3 is 0 Å². The van der Waals surface area contributed by atoms with Crippen molar-refractivity contribution in [1.29, 1.82) is 0 Å². The van der Waals surface area contributed by atoms with Gasteiger partial charge in [-0.05, 0) is 38.3 Å². The van der Waals surface area contributed by atoms with Crippen molar-refractivity contribution in [2.24, 2.45) is 5.92 Å². The number of aryl methyl sites for hydroxylation is 2. The quantitative estimate of drug-likeness (QED) is 0.704. The Kier molecular flexibility index (Phi) is 5.35. The van der Waals surface area contributed by atoms with Crippen LogP contribution in [0.2, 0.25) is 0 Å². The van der Waals surface area contributed by atoms with Gasteiger partial charge in [0, 0.05) is 12.0 Å². The Bertz CT molecular complexity index is 877. The van der Waals surface area contributed by atoms with Gasteiger partial charge in [-0.1, -0.05) is 36.4 Å². The summed E-state index contributed by atoms with van der Waals surface area (Å²) in [6.45, 7) is 8.56. The molecule has 1 aromatic carbocycles. The summed E-state index contributed by atoms with van der Waals surface area (Å²) in [7, 11) is 0. The lowest BCUT2D eigenvalue weighted by Gasteiger charge is -2.22. The van der Waals surface area contributed by atoms with Crippen molar-refractivity contribution in [2.45, 2.75) is 53.1 Å². The van der Waals surface area contributed by atoms with Crippen molar-refractivity contribution < 1.29 is 9.32 Å². The largest absolute Gasteiger partial charge is 0.361 e. The molecule has 0 saturated heterocycles. The minimum atomic E-state index is -0.0164. The number of hydrogen-bond donors (Lipinski definition) is 1. The molecule has 26 heavy (non-hydrogen) atoms. The standard InChI is InChI=1S/C19H25N5O2/c1-12(2)17(11-24-18-8-6-5-7-16(18)21-23-24)20-19(25)10-9-15-13(3)22-26-14(15)4/h5-8,12,17H,9-11H2,1-4H3,(H,20,25)/t17-/m1/s1. The minimum absolute atomic E-state index is 0.0164. The molecule has 0 fully saturated rings. The van der Waals surface area contributed by atoms with E-state index in [0.29, 0.717) is 19.4 Å². The number of carbonyl (C=O) groups is 1. The first-order valence-corrected chi connectivity index (χ1v) is 8.95. The molecule has 7 nitrogen and oxygen atoms in total. The van der Waals surface area contributed by atoms with E-state index in [9.17, 15) is 4.79 Å². The number of aromatic nitrogens is 4. The van der Waals surface area contributed by atoms with Crippen LogP contribution in [0.3, 0.4) is 0 Å². The molecule has 2 heterocycles. The van der Waals surface area contributed by atoms with Gasteiger partial charge in [0.25, 0.3) is 0 Å². The summed E-state index contributed by atoms with van der Waals surface area (Å²) in [5.41, 5.74) is 3.70. The molecule has 1 N–H and O–H groups in total. The molecule has 138 valence electrons. The lowest BCUT2D eigenvalue weighted by atomic mass is 10.0. The number of rotatable bonds is 7. The van der Waals surface area contributed by atoms with Crippen LogP contribution >= 0.6 is 0 Å². The third kappa shape index (κ3) is 3.92. The SMILES string of the molecule is Cc1noc(C)c1CCC(=O)N[C@H](Cn1nnc2ccccc21)C(C)C. The number of carbonyl (C=O) groups excluding carboxylic acids is 1. The lowest BCUT2D eigenvalue weighted by Crippen LogP contribution is -2.41.